The Morgan fingerprint density at radius 2 is 2.04 bits per heavy atom. The number of nitrogens with zero attached hydrogens (tertiary/aromatic N) is 3. The zero-order valence-corrected chi connectivity index (χ0v) is 13.4. The molecule has 1 aromatic carbocycles. The predicted molar refractivity (Wildman–Crippen MR) is 88.5 cm³/mol. The van der Waals surface area contributed by atoms with Crippen LogP contribution < -0.4 is 0 Å². The van der Waals surface area contributed by atoms with Crippen LogP contribution in [-0.4, -0.2) is 45.4 Å². The number of amides is 1. The molecule has 0 saturated heterocycles. The first-order chi connectivity index (χ1) is 11.1. The van der Waals surface area contributed by atoms with Crippen molar-refractivity contribution >= 4 is 5.91 Å². The fourth-order valence-electron chi connectivity index (χ4n) is 3.23. The largest absolute Gasteiger partial charge is 0.393 e. The lowest BCUT2D eigenvalue weighted by molar-refractivity contribution is 0.0451. The van der Waals surface area contributed by atoms with Gasteiger partial charge in [0.15, 0.2) is 0 Å². The quantitative estimate of drug-likeness (QED) is 0.943. The number of rotatable bonds is 4. The van der Waals surface area contributed by atoms with Crippen LogP contribution in [0.4, 0.5) is 0 Å². The van der Waals surface area contributed by atoms with Crippen molar-refractivity contribution in [1.82, 2.24) is 14.7 Å². The van der Waals surface area contributed by atoms with Crippen molar-refractivity contribution in [3.63, 3.8) is 0 Å². The molecular formula is C18H23N3O2. The van der Waals surface area contributed by atoms with Crippen LogP contribution in [0.5, 0.6) is 0 Å². The van der Waals surface area contributed by atoms with Crippen molar-refractivity contribution < 1.29 is 9.90 Å². The van der Waals surface area contributed by atoms with Crippen LogP contribution in [0.25, 0.3) is 5.69 Å². The first-order valence-electron chi connectivity index (χ1n) is 8.19. The number of aromatic nitrogens is 2. The van der Waals surface area contributed by atoms with Gasteiger partial charge in [-0.3, -0.25) is 4.79 Å². The summed E-state index contributed by atoms with van der Waals surface area (Å²) < 4.78 is 1.76. The minimum absolute atomic E-state index is 0.00483. The maximum absolute atomic E-state index is 12.5. The average Bonchev–Trinajstić information content (AvgIpc) is 3.11. The number of hydrogen-bond acceptors (Lipinski definition) is 3. The smallest absolute Gasteiger partial charge is 0.253 e. The molecule has 5 nitrogen and oxygen atoms in total. The van der Waals surface area contributed by atoms with Gasteiger partial charge in [0.2, 0.25) is 0 Å². The molecule has 1 aliphatic carbocycles. The fourth-order valence-corrected chi connectivity index (χ4v) is 3.23. The van der Waals surface area contributed by atoms with Crippen molar-refractivity contribution in [2.45, 2.75) is 31.8 Å². The third-order valence-electron chi connectivity index (χ3n) is 4.61. The van der Waals surface area contributed by atoms with Gasteiger partial charge < -0.3 is 10.0 Å². The number of aliphatic hydroxyl groups is 1. The molecule has 1 heterocycles. The van der Waals surface area contributed by atoms with Crippen molar-refractivity contribution in [2.24, 2.45) is 5.92 Å². The second-order valence-corrected chi connectivity index (χ2v) is 6.30. The highest BCUT2D eigenvalue weighted by Gasteiger charge is 2.25. The van der Waals surface area contributed by atoms with Gasteiger partial charge in [0.05, 0.1) is 11.8 Å². The number of carbonyl (C=O) groups is 1. The van der Waals surface area contributed by atoms with E-state index in [0.717, 1.165) is 31.4 Å². The molecule has 0 spiro atoms. The summed E-state index contributed by atoms with van der Waals surface area (Å²) in [7, 11) is 1.81. The Hall–Kier alpha value is -2.14. The molecule has 2 aromatic rings. The van der Waals surface area contributed by atoms with Gasteiger partial charge in [-0.15, -0.1) is 0 Å². The molecule has 1 saturated carbocycles. The topological polar surface area (TPSA) is 58.4 Å². The second kappa shape index (κ2) is 6.96. The number of carbonyl (C=O) groups excluding carboxylic acids is 1. The van der Waals surface area contributed by atoms with Crippen LogP contribution in [-0.2, 0) is 0 Å². The van der Waals surface area contributed by atoms with Crippen molar-refractivity contribution in [3.8, 4) is 5.69 Å². The van der Waals surface area contributed by atoms with Crippen LogP contribution in [0.15, 0.2) is 42.7 Å². The highest BCUT2D eigenvalue weighted by Crippen LogP contribution is 2.25. The Bertz CT molecular complexity index is 637. The minimum Gasteiger partial charge on any atom is -0.393 e. The highest BCUT2D eigenvalue weighted by molar-refractivity contribution is 5.94. The summed E-state index contributed by atoms with van der Waals surface area (Å²) in [5.74, 6) is 0.191. The van der Waals surface area contributed by atoms with E-state index in [9.17, 15) is 9.90 Å². The maximum Gasteiger partial charge on any atom is 0.253 e. The molecule has 3 rings (SSSR count). The van der Waals surface area contributed by atoms with Crippen LogP contribution in [0.3, 0.4) is 0 Å². The SMILES string of the molecule is CN(CC1CCCCC1O)C(=O)c1ccc(-n2cccn2)cc1. The summed E-state index contributed by atoms with van der Waals surface area (Å²) >= 11 is 0. The van der Waals surface area contributed by atoms with Gasteiger partial charge >= 0.3 is 0 Å². The number of hydrogen-bond donors (Lipinski definition) is 1. The van der Waals surface area contributed by atoms with E-state index in [1.54, 1.807) is 15.8 Å². The van der Waals surface area contributed by atoms with E-state index >= 15 is 0 Å². The van der Waals surface area contributed by atoms with E-state index in [0.29, 0.717) is 12.1 Å². The van der Waals surface area contributed by atoms with Crippen LogP contribution in [0.1, 0.15) is 36.0 Å². The minimum atomic E-state index is -0.277. The molecule has 2 atom stereocenters. The molecule has 1 aliphatic rings. The molecule has 1 fully saturated rings. The average molecular weight is 313 g/mol. The van der Waals surface area contributed by atoms with Gasteiger partial charge in [-0.05, 0) is 43.2 Å². The van der Waals surface area contributed by atoms with E-state index < -0.39 is 0 Å². The fraction of sp³-hybridized carbons (Fsp3) is 0.444. The van der Waals surface area contributed by atoms with Crippen LogP contribution in [0, 0.1) is 5.92 Å². The first-order valence-corrected chi connectivity index (χ1v) is 8.19. The van der Waals surface area contributed by atoms with E-state index in [2.05, 4.69) is 5.10 Å². The molecule has 23 heavy (non-hydrogen) atoms. The third-order valence-corrected chi connectivity index (χ3v) is 4.61. The normalized spacial score (nSPS) is 21.1. The van der Waals surface area contributed by atoms with E-state index in [1.807, 2.05) is 43.6 Å². The van der Waals surface area contributed by atoms with E-state index in [1.165, 1.54) is 0 Å². The zero-order chi connectivity index (χ0) is 16.2. The van der Waals surface area contributed by atoms with E-state index in [4.69, 9.17) is 0 Å². The monoisotopic (exact) mass is 313 g/mol. The summed E-state index contributed by atoms with van der Waals surface area (Å²) in [5, 5.41) is 14.2. The zero-order valence-electron chi connectivity index (χ0n) is 13.4. The second-order valence-electron chi connectivity index (χ2n) is 6.30. The third kappa shape index (κ3) is 3.62. The molecule has 5 heteroatoms. The Balaban J connectivity index is 1.65. The summed E-state index contributed by atoms with van der Waals surface area (Å²) in [6.45, 7) is 0.612. The lowest BCUT2D eigenvalue weighted by atomic mass is 9.86. The molecule has 0 bridgehead atoms. The Morgan fingerprint density at radius 1 is 1.30 bits per heavy atom. The molecule has 0 radical (unpaired) electrons. The van der Waals surface area contributed by atoms with E-state index in [-0.39, 0.29) is 17.9 Å². The van der Waals surface area contributed by atoms with Gasteiger partial charge in [-0.25, -0.2) is 4.68 Å². The Kier molecular flexibility index (Phi) is 4.76. The summed E-state index contributed by atoms with van der Waals surface area (Å²) in [6, 6.07) is 9.30. The molecule has 0 aliphatic heterocycles. The van der Waals surface area contributed by atoms with Gasteiger partial charge in [-0.2, -0.15) is 5.10 Å². The predicted octanol–water partition coefficient (Wildman–Crippen LogP) is 2.50. The molecular weight excluding hydrogens is 290 g/mol. The lowest BCUT2D eigenvalue weighted by Gasteiger charge is -2.31. The summed E-state index contributed by atoms with van der Waals surface area (Å²) in [6.07, 6.45) is 7.39. The molecule has 2 unspecified atom stereocenters. The molecule has 1 N–H and O–H groups in total. The number of aliphatic hydroxyl groups excluding tert-OH is 1. The van der Waals surface area contributed by atoms with Gasteiger partial charge in [0, 0.05) is 37.5 Å². The summed E-state index contributed by atoms with van der Waals surface area (Å²) in [4.78, 5) is 14.3. The maximum atomic E-state index is 12.5. The Labute approximate surface area is 136 Å². The standard InChI is InChI=1S/C18H23N3O2/c1-20(13-15-5-2-3-6-17(15)22)18(23)14-7-9-16(10-8-14)21-12-4-11-19-21/h4,7-12,15,17,22H,2-3,5-6,13H2,1H3. The summed E-state index contributed by atoms with van der Waals surface area (Å²) in [5.41, 5.74) is 1.59. The van der Waals surface area contributed by atoms with Gasteiger partial charge in [0.1, 0.15) is 0 Å². The molecule has 122 valence electrons. The van der Waals surface area contributed by atoms with Crippen molar-refractivity contribution in [3.05, 3.63) is 48.3 Å². The number of benzene rings is 1. The molecule has 1 amide bonds. The van der Waals surface area contributed by atoms with Crippen LogP contribution in [0.2, 0.25) is 0 Å². The van der Waals surface area contributed by atoms with Crippen LogP contribution >= 0.6 is 0 Å². The lowest BCUT2D eigenvalue weighted by Crippen LogP contribution is -2.38. The Morgan fingerprint density at radius 3 is 2.70 bits per heavy atom. The van der Waals surface area contributed by atoms with Gasteiger partial charge in [0.25, 0.3) is 5.91 Å². The highest BCUT2D eigenvalue weighted by atomic mass is 16.3. The molecule has 1 aromatic heterocycles. The van der Waals surface area contributed by atoms with Crippen molar-refractivity contribution in [2.75, 3.05) is 13.6 Å². The van der Waals surface area contributed by atoms with Gasteiger partial charge in [-0.1, -0.05) is 12.8 Å². The first kappa shape index (κ1) is 15.7. The van der Waals surface area contributed by atoms with Crippen molar-refractivity contribution in [1.29, 1.82) is 0 Å².